The van der Waals surface area contributed by atoms with Gasteiger partial charge in [-0.2, -0.15) is 0 Å². The molecule has 0 aromatic rings. The molecule has 0 amide bonds. The van der Waals surface area contributed by atoms with Gasteiger partial charge >= 0.3 is 0 Å². The van der Waals surface area contributed by atoms with Crippen LogP contribution in [0.25, 0.3) is 0 Å². The van der Waals surface area contributed by atoms with Gasteiger partial charge in [-0.1, -0.05) is 6.92 Å². The highest BCUT2D eigenvalue weighted by atomic mass is 16.5. The Balaban J connectivity index is 3.20. The minimum Gasteiger partial charge on any atom is -0.378 e. The van der Waals surface area contributed by atoms with Gasteiger partial charge in [0.25, 0.3) is 0 Å². The molecule has 0 aliphatic heterocycles. The molecule has 0 heterocycles. The summed E-state index contributed by atoms with van der Waals surface area (Å²) in [6.45, 7) is 7.33. The van der Waals surface area contributed by atoms with Gasteiger partial charge in [0.15, 0.2) is 5.78 Å². The lowest BCUT2D eigenvalue weighted by Gasteiger charge is -2.06. The standard InChI is InChI=1S/C10H20O3/c1-4-6-12-8-10(11)5-7-13-9(2)3/h9H,4-8H2,1-3H3. The first-order chi connectivity index (χ1) is 6.16. The SMILES string of the molecule is CCCOCC(=O)CCOC(C)C. The van der Waals surface area contributed by atoms with Crippen LogP contribution in [-0.2, 0) is 14.3 Å². The zero-order chi connectivity index (χ0) is 10.1. The molecular formula is C10H20O3. The molecule has 0 rings (SSSR count). The maximum Gasteiger partial charge on any atom is 0.160 e. The lowest BCUT2D eigenvalue weighted by molar-refractivity contribution is -0.124. The molecule has 0 spiro atoms. The van der Waals surface area contributed by atoms with Crippen molar-refractivity contribution in [3.8, 4) is 0 Å². The minimum atomic E-state index is 0.120. The van der Waals surface area contributed by atoms with E-state index in [0.29, 0.717) is 19.6 Å². The van der Waals surface area contributed by atoms with Crippen molar-refractivity contribution in [1.82, 2.24) is 0 Å². The molecule has 0 atom stereocenters. The maximum atomic E-state index is 11.1. The Morgan fingerprint density at radius 2 is 2.00 bits per heavy atom. The summed E-state index contributed by atoms with van der Waals surface area (Å²) in [5, 5.41) is 0. The van der Waals surface area contributed by atoms with Crippen LogP contribution in [0.4, 0.5) is 0 Å². The van der Waals surface area contributed by atoms with Crippen molar-refractivity contribution >= 4 is 5.78 Å². The molecule has 0 radical (unpaired) electrons. The summed E-state index contributed by atoms with van der Waals surface area (Å²) in [4.78, 5) is 11.1. The number of hydrogen-bond donors (Lipinski definition) is 0. The van der Waals surface area contributed by atoms with Gasteiger partial charge in [0, 0.05) is 13.0 Å². The smallest absolute Gasteiger partial charge is 0.160 e. The summed E-state index contributed by atoms with van der Waals surface area (Å²) in [6.07, 6.45) is 1.61. The van der Waals surface area contributed by atoms with E-state index in [1.54, 1.807) is 0 Å². The van der Waals surface area contributed by atoms with Gasteiger partial charge in [-0.25, -0.2) is 0 Å². The van der Waals surface area contributed by atoms with Crippen LogP contribution in [0.1, 0.15) is 33.6 Å². The van der Waals surface area contributed by atoms with E-state index in [2.05, 4.69) is 0 Å². The summed E-state index contributed by atoms with van der Waals surface area (Å²) >= 11 is 0. The van der Waals surface area contributed by atoms with Crippen molar-refractivity contribution in [3.63, 3.8) is 0 Å². The molecule has 0 aliphatic rings. The van der Waals surface area contributed by atoms with Gasteiger partial charge in [-0.3, -0.25) is 4.79 Å². The molecule has 3 nitrogen and oxygen atoms in total. The van der Waals surface area contributed by atoms with Crippen LogP contribution in [-0.4, -0.2) is 31.7 Å². The Bertz CT molecular complexity index is 132. The summed E-state index contributed by atoms with van der Waals surface area (Å²) in [6, 6.07) is 0. The van der Waals surface area contributed by atoms with E-state index < -0.39 is 0 Å². The zero-order valence-corrected chi connectivity index (χ0v) is 8.84. The average molecular weight is 188 g/mol. The predicted molar refractivity (Wildman–Crippen MR) is 51.8 cm³/mol. The van der Waals surface area contributed by atoms with Crippen LogP contribution in [0.15, 0.2) is 0 Å². The van der Waals surface area contributed by atoms with Crippen molar-refractivity contribution in [3.05, 3.63) is 0 Å². The number of ether oxygens (including phenoxy) is 2. The maximum absolute atomic E-state index is 11.1. The number of rotatable bonds is 8. The summed E-state index contributed by atoms with van der Waals surface area (Å²) in [5.41, 5.74) is 0. The van der Waals surface area contributed by atoms with Gasteiger partial charge in [0.05, 0.1) is 12.7 Å². The van der Waals surface area contributed by atoms with Crippen LogP contribution < -0.4 is 0 Å². The molecule has 13 heavy (non-hydrogen) atoms. The highest BCUT2D eigenvalue weighted by Gasteiger charge is 2.02. The number of ketones is 1. The third kappa shape index (κ3) is 9.50. The van der Waals surface area contributed by atoms with Crippen LogP contribution in [0.3, 0.4) is 0 Å². The van der Waals surface area contributed by atoms with Gasteiger partial charge in [-0.05, 0) is 20.3 Å². The van der Waals surface area contributed by atoms with Crippen LogP contribution >= 0.6 is 0 Å². The monoisotopic (exact) mass is 188 g/mol. The average Bonchev–Trinajstić information content (AvgIpc) is 2.04. The lowest BCUT2D eigenvalue weighted by atomic mass is 10.3. The molecule has 0 bridgehead atoms. The van der Waals surface area contributed by atoms with Gasteiger partial charge in [0.1, 0.15) is 6.61 Å². The molecular weight excluding hydrogens is 168 g/mol. The fraction of sp³-hybridized carbons (Fsp3) is 0.900. The third-order valence-electron chi connectivity index (χ3n) is 1.44. The van der Waals surface area contributed by atoms with Crippen molar-refractivity contribution in [1.29, 1.82) is 0 Å². The van der Waals surface area contributed by atoms with E-state index >= 15 is 0 Å². The first-order valence-corrected chi connectivity index (χ1v) is 4.87. The number of carbonyl (C=O) groups excluding carboxylic acids is 1. The van der Waals surface area contributed by atoms with E-state index in [4.69, 9.17) is 9.47 Å². The van der Waals surface area contributed by atoms with Gasteiger partial charge in [-0.15, -0.1) is 0 Å². The molecule has 0 saturated carbocycles. The number of hydrogen-bond acceptors (Lipinski definition) is 3. The second-order valence-corrected chi connectivity index (χ2v) is 3.26. The predicted octanol–water partition coefficient (Wildman–Crippen LogP) is 1.80. The Kier molecular flexibility index (Phi) is 7.94. The van der Waals surface area contributed by atoms with E-state index in [1.165, 1.54) is 0 Å². The zero-order valence-electron chi connectivity index (χ0n) is 8.84. The van der Waals surface area contributed by atoms with Crippen molar-refractivity contribution in [2.24, 2.45) is 0 Å². The molecule has 0 aromatic heterocycles. The Morgan fingerprint density at radius 3 is 2.54 bits per heavy atom. The molecule has 0 fully saturated rings. The summed E-state index contributed by atoms with van der Waals surface area (Å²) in [7, 11) is 0. The second kappa shape index (κ2) is 8.20. The van der Waals surface area contributed by atoms with Crippen LogP contribution in [0.5, 0.6) is 0 Å². The molecule has 0 N–H and O–H groups in total. The van der Waals surface area contributed by atoms with Crippen molar-refractivity contribution in [2.45, 2.75) is 39.7 Å². The molecule has 0 saturated heterocycles. The number of carbonyl (C=O) groups is 1. The van der Waals surface area contributed by atoms with E-state index in [9.17, 15) is 4.79 Å². The molecule has 0 aromatic carbocycles. The largest absolute Gasteiger partial charge is 0.378 e. The first kappa shape index (κ1) is 12.6. The number of Topliss-reactive ketones (excluding diaryl/α,β-unsaturated/α-hetero) is 1. The van der Waals surface area contributed by atoms with Gasteiger partial charge < -0.3 is 9.47 Å². The molecule has 0 unspecified atom stereocenters. The van der Waals surface area contributed by atoms with Crippen molar-refractivity contribution < 1.29 is 14.3 Å². The van der Waals surface area contributed by atoms with E-state index in [-0.39, 0.29) is 18.5 Å². The topological polar surface area (TPSA) is 35.5 Å². The molecule has 0 aliphatic carbocycles. The molecule has 3 heteroatoms. The molecule has 78 valence electrons. The Morgan fingerprint density at radius 1 is 1.31 bits per heavy atom. The van der Waals surface area contributed by atoms with Gasteiger partial charge in [0.2, 0.25) is 0 Å². The van der Waals surface area contributed by atoms with Crippen LogP contribution in [0, 0.1) is 0 Å². The fourth-order valence-corrected chi connectivity index (χ4v) is 0.811. The summed E-state index contributed by atoms with van der Waals surface area (Å²) < 4.78 is 10.3. The fourth-order valence-electron chi connectivity index (χ4n) is 0.811. The van der Waals surface area contributed by atoms with Crippen molar-refractivity contribution in [2.75, 3.05) is 19.8 Å². The Labute approximate surface area is 80.4 Å². The highest BCUT2D eigenvalue weighted by Crippen LogP contribution is 1.92. The quantitative estimate of drug-likeness (QED) is 0.545. The first-order valence-electron chi connectivity index (χ1n) is 4.87. The van der Waals surface area contributed by atoms with E-state index in [1.807, 2.05) is 20.8 Å². The normalized spacial score (nSPS) is 10.8. The second-order valence-electron chi connectivity index (χ2n) is 3.26. The highest BCUT2D eigenvalue weighted by molar-refractivity contribution is 5.79. The van der Waals surface area contributed by atoms with E-state index in [0.717, 1.165) is 6.42 Å². The lowest BCUT2D eigenvalue weighted by Crippen LogP contribution is -2.13. The van der Waals surface area contributed by atoms with Crippen LogP contribution in [0.2, 0.25) is 0 Å². The Hall–Kier alpha value is -0.410. The minimum absolute atomic E-state index is 0.120. The third-order valence-corrected chi connectivity index (χ3v) is 1.44. The summed E-state index contributed by atoms with van der Waals surface area (Å²) in [5.74, 6) is 0.120.